The maximum absolute atomic E-state index is 13.0. The third kappa shape index (κ3) is 4.25. The van der Waals surface area contributed by atoms with Crippen molar-refractivity contribution in [3.8, 4) is 0 Å². The molecule has 1 aromatic heterocycles. The van der Waals surface area contributed by atoms with E-state index in [2.05, 4.69) is 6.07 Å². The van der Waals surface area contributed by atoms with Crippen LogP contribution >= 0.6 is 11.3 Å². The van der Waals surface area contributed by atoms with Gasteiger partial charge in [-0.25, -0.2) is 4.98 Å². The fourth-order valence-corrected chi connectivity index (χ4v) is 5.06. The molecule has 1 amide bonds. The van der Waals surface area contributed by atoms with Crippen LogP contribution in [0.1, 0.15) is 64.6 Å². The normalized spacial score (nSPS) is 16.9. The van der Waals surface area contributed by atoms with Gasteiger partial charge in [0.05, 0.1) is 16.3 Å². The Balaban J connectivity index is 1.45. The van der Waals surface area contributed by atoms with E-state index in [4.69, 9.17) is 4.98 Å². The van der Waals surface area contributed by atoms with Gasteiger partial charge in [0, 0.05) is 24.9 Å². The summed E-state index contributed by atoms with van der Waals surface area (Å²) in [6.07, 6.45) is 3.57. The Morgan fingerprint density at radius 2 is 1.90 bits per heavy atom. The minimum Gasteiger partial charge on any atom is -0.333 e. The van der Waals surface area contributed by atoms with Crippen molar-refractivity contribution >= 4 is 33.2 Å². The van der Waals surface area contributed by atoms with Gasteiger partial charge in [0.15, 0.2) is 5.78 Å². The van der Waals surface area contributed by atoms with Crippen LogP contribution in [-0.4, -0.2) is 28.1 Å². The molecule has 0 radical (unpaired) electrons. The molecule has 0 aliphatic carbocycles. The van der Waals surface area contributed by atoms with Crippen molar-refractivity contribution in [2.24, 2.45) is 0 Å². The number of aryl methyl sites for hydroxylation is 2. The second-order valence-electron chi connectivity index (χ2n) is 7.84. The van der Waals surface area contributed by atoms with Gasteiger partial charge in [0.2, 0.25) is 5.91 Å². The van der Waals surface area contributed by atoms with E-state index >= 15 is 0 Å². The number of hydrogen-bond acceptors (Lipinski definition) is 4. The van der Waals surface area contributed by atoms with Gasteiger partial charge in [0.1, 0.15) is 5.01 Å². The molecular weight excluding hydrogens is 380 g/mol. The third-order valence-electron chi connectivity index (χ3n) is 5.81. The number of fused-ring (bicyclic) bond motifs is 1. The van der Waals surface area contributed by atoms with Crippen LogP contribution in [0, 0.1) is 13.8 Å². The number of hydrogen-bond donors (Lipinski definition) is 0. The molecule has 1 unspecified atom stereocenters. The summed E-state index contributed by atoms with van der Waals surface area (Å²) in [6, 6.07) is 13.9. The predicted molar refractivity (Wildman–Crippen MR) is 117 cm³/mol. The Morgan fingerprint density at radius 3 is 2.69 bits per heavy atom. The number of aromatic nitrogens is 1. The number of thiazole rings is 1. The molecule has 4 rings (SSSR count). The van der Waals surface area contributed by atoms with Crippen LogP contribution in [0.25, 0.3) is 10.2 Å². The summed E-state index contributed by atoms with van der Waals surface area (Å²) in [4.78, 5) is 32.3. The summed E-state index contributed by atoms with van der Waals surface area (Å²) in [7, 11) is 0. The molecule has 1 atom stereocenters. The van der Waals surface area contributed by atoms with Crippen molar-refractivity contribution in [3.63, 3.8) is 0 Å². The monoisotopic (exact) mass is 406 g/mol. The molecule has 1 saturated heterocycles. The second kappa shape index (κ2) is 8.46. The molecule has 1 fully saturated rings. The molecular formula is C24H26N2O2S. The molecule has 150 valence electrons. The lowest BCUT2D eigenvalue weighted by molar-refractivity contribution is -0.135. The van der Waals surface area contributed by atoms with E-state index in [1.165, 1.54) is 5.56 Å². The predicted octanol–water partition coefficient (Wildman–Crippen LogP) is 5.63. The van der Waals surface area contributed by atoms with Crippen molar-refractivity contribution in [2.45, 2.75) is 52.0 Å². The highest BCUT2D eigenvalue weighted by molar-refractivity contribution is 7.18. The third-order valence-corrected chi connectivity index (χ3v) is 6.95. The lowest BCUT2D eigenvalue weighted by Gasteiger charge is -2.34. The van der Waals surface area contributed by atoms with Crippen molar-refractivity contribution < 1.29 is 9.59 Å². The quantitative estimate of drug-likeness (QED) is 0.516. The Kier molecular flexibility index (Phi) is 5.76. The van der Waals surface area contributed by atoms with Crippen molar-refractivity contribution in [2.75, 3.05) is 6.54 Å². The first-order valence-corrected chi connectivity index (χ1v) is 11.1. The molecule has 0 N–H and O–H groups in total. The number of para-hydroxylation sites is 1. The number of amides is 1. The van der Waals surface area contributed by atoms with E-state index in [0.29, 0.717) is 5.56 Å². The lowest BCUT2D eigenvalue weighted by Crippen LogP contribution is -2.38. The van der Waals surface area contributed by atoms with E-state index in [1.807, 2.05) is 55.1 Å². The number of benzene rings is 2. The minimum absolute atomic E-state index is 0.0328. The fourth-order valence-electron chi connectivity index (χ4n) is 3.94. The number of ketones is 1. The van der Waals surface area contributed by atoms with Gasteiger partial charge < -0.3 is 4.90 Å². The molecule has 0 spiro atoms. The minimum atomic E-state index is 0.0328. The standard InChI is InChI=1S/C24H26N2O2S/c1-16-10-11-18(15-17(16)2)21(27)12-13-23(28)26-14-6-5-8-20(26)24-25-19-7-3-4-9-22(19)29-24/h3-4,7,9-11,15,20H,5-6,8,12-14H2,1-2H3. The smallest absolute Gasteiger partial charge is 0.223 e. The second-order valence-corrected chi connectivity index (χ2v) is 8.90. The van der Waals surface area contributed by atoms with E-state index in [0.717, 1.165) is 46.6 Å². The first-order chi connectivity index (χ1) is 14.0. The Labute approximate surface area is 175 Å². The van der Waals surface area contributed by atoms with Crippen LogP contribution in [0.15, 0.2) is 42.5 Å². The molecule has 5 heteroatoms. The number of nitrogens with zero attached hydrogens (tertiary/aromatic N) is 2. The zero-order valence-electron chi connectivity index (χ0n) is 17.0. The van der Waals surface area contributed by atoms with Gasteiger partial charge >= 0.3 is 0 Å². The summed E-state index contributed by atoms with van der Waals surface area (Å²) in [5.41, 5.74) is 3.97. The zero-order valence-corrected chi connectivity index (χ0v) is 17.8. The van der Waals surface area contributed by atoms with Gasteiger partial charge in [-0.2, -0.15) is 0 Å². The van der Waals surface area contributed by atoms with Crippen LogP contribution in [-0.2, 0) is 4.79 Å². The Hall–Kier alpha value is -2.53. The van der Waals surface area contributed by atoms with Gasteiger partial charge in [-0.1, -0.05) is 24.3 Å². The molecule has 4 nitrogen and oxygen atoms in total. The highest BCUT2D eigenvalue weighted by atomic mass is 32.1. The number of likely N-dealkylation sites (tertiary alicyclic amines) is 1. The van der Waals surface area contributed by atoms with E-state index in [1.54, 1.807) is 11.3 Å². The summed E-state index contributed by atoms with van der Waals surface area (Å²) >= 11 is 1.68. The summed E-state index contributed by atoms with van der Waals surface area (Å²) in [5, 5.41) is 1.01. The van der Waals surface area contributed by atoms with E-state index in [9.17, 15) is 9.59 Å². The van der Waals surface area contributed by atoms with E-state index in [-0.39, 0.29) is 30.6 Å². The summed E-state index contributed by atoms with van der Waals surface area (Å²) in [5.74, 6) is 0.0983. The fraction of sp³-hybridized carbons (Fsp3) is 0.375. The number of Topliss-reactive ketones (excluding diaryl/α,β-unsaturated/α-hetero) is 1. The number of piperidine rings is 1. The average molecular weight is 407 g/mol. The van der Waals surface area contributed by atoms with Gasteiger partial charge in [0.25, 0.3) is 0 Å². The molecule has 1 aliphatic heterocycles. The SMILES string of the molecule is Cc1ccc(C(=O)CCC(=O)N2CCCCC2c2nc3ccccc3s2)cc1C. The summed E-state index contributed by atoms with van der Waals surface area (Å²) < 4.78 is 1.16. The van der Waals surface area contributed by atoms with Crippen LogP contribution in [0.4, 0.5) is 0 Å². The van der Waals surface area contributed by atoms with Crippen LogP contribution in [0.2, 0.25) is 0 Å². The highest BCUT2D eigenvalue weighted by Gasteiger charge is 2.30. The van der Waals surface area contributed by atoms with Crippen LogP contribution in [0.5, 0.6) is 0 Å². The highest BCUT2D eigenvalue weighted by Crippen LogP contribution is 2.36. The molecule has 29 heavy (non-hydrogen) atoms. The average Bonchev–Trinajstić information content (AvgIpc) is 3.18. The topological polar surface area (TPSA) is 50.3 Å². The van der Waals surface area contributed by atoms with Gasteiger partial charge in [-0.15, -0.1) is 11.3 Å². The maximum atomic E-state index is 13.0. The van der Waals surface area contributed by atoms with Crippen LogP contribution < -0.4 is 0 Å². The number of carbonyl (C=O) groups is 2. The number of rotatable bonds is 5. The molecule has 0 saturated carbocycles. The Morgan fingerprint density at radius 1 is 1.07 bits per heavy atom. The van der Waals surface area contributed by atoms with Crippen molar-refractivity contribution in [1.82, 2.24) is 9.88 Å². The summed E-state index contributed by atoms with van der Waals surface area (Å²) in [6.45, 7) is 4.79. The van der Waals surface area contributed by atoms with Crippen molar-refractivity contribution in [3.05, 3.63) is 64.2 Å². The number of carbonyl (C=O) groups excluding carboxylic acids is 2. The lowest BCUT2D eigenvalue weighted by atomic mass is 9.99. The van der Waals surface area contributed by atoms with E-state index < -0.39 is 0 Å². The Bertz CT molecular complexity index is 1020. The van der Waals surface area contributed by atoms with Crippen LogP contribution in [0.3, 0.4) is 0 Å². The molecule has 1 aliphatic rings. The first kappa shape index (κ1) is 19.8. The first-order valence-electron chi connectivity index (χ1n) is 10.3. The molecule has 2 aromatic carbocycles. The van der Waals surface area contributed by atoms with Gasteiger partial charge in [-0.05, 0) is 62.4 Å². The molecule has 3 aromatic rings. The van der Waals surface area contributed by atoms with Crippen molar-refractivity contribution in [1.29, 1.82) is 0 Å². The van der Waals surface area contributed by atoms with Gasteiger partial charge in [-0.3, -0.25) is 9.59 Å². The molecule has 0 bridgehead atoms. The molecule has 2 heterocycles. The maximum Gasteiger partial charge on any atom is 0.223 e. The largest absolute Gasteiger partial charge is 0.333 e. The zero-order chi connectivity index (χ0) is 20.4.